The molecule has 3 N–H and O–H groups in total. The Labute approximate surface area is 127 Å². The normalized spacial score (nSPS) is 12.8. The number of rotatable bonds is 8. The molecule has 0 radical (unpaired) electrons. The molecule has 0 fully saturated rings. The van der Waals surface area contributed by atoms with Crippen molar-refractivity contribution in [3.8, 4) is 0 Å². The zero-order valence-electron chi connectivity index (χ0n) is 12.8. The predicted molar refractivity (Wildman–Crippen MR) is 91.5 cm³/mol. The van der Waals surface area contributed by atoms with Gasteiger partial charge in [-0.2, -0.15) is 0 Å². The van der Waals surface area contributed by atoms with Crippen molar-refractivity contribution in [1.82, 2.24) is 0 Å². The van der Waals surface area contributed by atoms with E-state index in [1.54, 1.807) is 0 Å². The standard InChI is InChI=1S/C18H24N2O/c1-3-20-18-10-8-17(9-11-18)15-16(2)7-5-4-6-12-19-13-14-21/h4-12,15,20-21H,3,13-14H2,1-2H3/p+1/b6-4-,7-5+,16-15+,19-12?. The summed E-state index contributed by atoms with van der Waals surface area (Å²) < 4.78 is 0. The molecule has 112 valence electrons. The van der Waals surface area contributed by atoms with Gasteiger partial charge < -0.3 is 10.4 Å². The lowest BCUT2D eigenvalue weighted by atomic mass is 10.1. The molecule has 0 aromatic heterocycles. The molecule has 0 amide bonds. The molecule has 0 aliphatic heterocycles. The molecule has 0 atom stereocenters. The molecule has 21 heavy (non-hydrogen) atoms. The SMILES string of the molecule is CCNc1ccc(/C=C(C)/C=C/C=C\C=[NH+]CCO)cc1. The second-order valence-corrected chi connectivity index (χ2v) is 4.63. The van der Waals surface area contributed by atoms with Crippen LogP contribution in [0.15, 0.2) is 54.1 Å². The third-order valence-electron chi connectivity index (χ3n) is 2.74. The molecular weight excluding hydrogens is 260 g/mol. The first-order valence-corrected chi connectivity index (χ1v) is 7.29. The van der Waals surface area contributed by atoms with Crippen molar-refractivity contribution in [2.24, 2.45) is 0 Å². The predicted octanol–water partition coefficient (Wildman–Crippen LogP) is 1.78. The molecule has 1 rings (SSSR count). The van der Waals surface area contributed by atoms with Gasteiger partial charge in [0.25, 0.3) is 0 Å². The summed E-state index contributed by atoms with van der Waals surface area (Å²) >= 11 is 0. The van der Waals surface area contributed by atoms with Gasteiger partial charge in [0.1, 0.15) is 6.61 Å². The van der Waals surface area contributed by atoms with Crippen molar-refractivity contribution in [2.45, 2.75) is 13.8 Å². The fourth-order valence-electron chi connectivity index (χ4n) is 1.76. The minimum Gasteiger partial charge on any atom is -0.390 e. The van der Waals surface area contributed by atoms with Gasteiger partial charge in [-0.1, -0.05) is 42.0 Å². The largest absolute Gasteiger partial charge is 0.390 e. The Balaban J connectivity index is 2.51. The summed E-state index contributed by atoms with van der Waals surface area (Å²) in [5.41, 5.74) is 3.54. The fraction of sp³-hybridized carbons (Fsp3) is 0.278. The first-order valence-electron chi connectivity index (χ1n) is 7.29. The monoisotopic (exact) mass is 285 g/mol. The van der Waals surface area contributed by atoms with Crippen molar-refractivity contribution in [3.63, 3.8) is 0 Å². The van der Waals surface area contributed by atoms with Crippen LogP contribution in [0.4, 0.5) is 5.69 Å². The van der Waals surface area contributed by atoms with Crippen molar-refractivity contribution >= 4 is 18.0 Å². The van der Waals surface area contributed by atoms with Gasteiger partial charge in [0, 0.05) is 18.3 Å². The average molecular weight is 285 g/mol. The van der Waals surface area contributed by atoms with E-state index in [0.717, 1.165) is 12.2 Å². The second-order valence-electron chi connectivity index (χ2n) is 4.63. The second kappa shape index (κ2) is 10.6. The van der Waals surface area contributed by atoms with Crippen LogP contribution in [0.1, 0.15) is 19.4 Å². The van der Waals surface area contributed by atoms with Crippen LogP contribution in [0.3, 0.4) is 0 Å². The Morgan fingerprint density at radius 3 is 2.62 bits per heavy atom. The number of aliphatic hydroxyl groups excluding tert-OH is 1. The van der Waals surface area contributed by atoms with Crippen LogP contribution in [-0.4, -0.2) is 31.0 Å². The first kappa shape index (κ1) is 16.9. The van der Waals surface area contributed by atoms with E-state index in [4.69, 9.17) is 5.11 Å². The highest BCUT2D eigenvalue weighted by molar-refractivity contribution is 5.66. The molecule has 3 nitrogen and oxygen atoms in total. The Kier molecular flexibility index (Phi) is 8.57. The summed E-state index contributed by atoms with van der Waals surface area (Å²) in [6, 6.07) is 8.40. The molecule has 0 spiro atoms. The maximum absolute atomic E-state index is 8.60. The number of nitrogens with one attached hydrogen (secondary N) is 2. The Morgan fingerprint density at radius 1 is 1.19 bits per heavy atom. The molecule has 0 saturated heterocycles. The summed E-state index contributed by atoms with van der Waals surface area (Å²) in [5.74, 6) is 0. The van der Waals surface area contributed by atoms with Crippen LogP contribution in [0.5, 0.6) is 0 Å². The van der Waals surface area contributed by atoms with E-state index in [-0.39, 0.29) is 6.61 Å². The molecule has 1 aromatic rings. The van der Waals surface area contributed by atoms with Crippen molar-refractivity contribution in [3.05, 3.63) is 59.7 Å². The zero-order valence-corrected chi connectivity index (χ0v) is 12.8. The van der Waals surface area contributed by atoms with E-state index in [1.165, 1.54) is 11.1 Å². The minimum absolute atomic E-state index is 0.147. The minimum atomic E-state index is 0.147. The molecule has 0 aliphatic carbocycles. The Morgan fingerprint density at radius 2 is 1.95 bits per heavy atom. The molecule has 0 saturated carbocycles. The molecule has 1 aromatic carbocycles. The van der Waals surface area contributed by atoms with Gasteiger partial charge in [-0.15, -0.1) is 0 Å². The van der Waals surface area contributed by atoms with E-state index in [9.17, 15) is 0 Å². The van der Waals surface area contributed by atoms with Gasteiger partial charge >= 0.3 is 0 Å². The Hall–Kier alpha value is -2.13. The number of allylic oxidation sites excluding steroid dienone is 5. The van der Waals surface area contributed by atoms with Gasteiger partial charge in [-0.25, -0.2) is 4.99 Å². The molecular formula is C18H25N2O+. The third-order valence-corrected chi connectivity index (χ3v) is 2.74. The number of anilines is 1. The van der Waals surface area contributed by atoms with E-state index in [2.05, 4.69) is 60.6 Å². The molecule has 0 aliphatic rings. The van der Waals surface area contributed by atoms with Gasteiger partial charge in [0.2, 0.25) is 0 Å². The van der Waals surface area contributed by atoms with Gasteiger partial charge in [-0.3, -0.25) is 0 Å². The fourth-order valence-corrected chi connectivity index (χ4v) is 1.76. The maximum atomic E-state index is 8.60. The number of aliphatic hydroxyl groups is 1. The zero-order chi connectivity index (χ0) is 15.3. The lowest BCUT2D eigenvalue weighted by Crippen LogP contribution is -2.69. The maximum Gasteiger partial charge on any atom is 0.163 e. The van der Waals surface area contributed by atoms with Crippen molar-refractivity contribution in [1.29, 1.82) is 0 Å². The van der Waals surface area contributed by atoms with E-state index >= 15 is 0 Å². The summed E-state index contributed by atoms with van der Waals surface area (Å²) in [4.78, 5) is 2.96. The quantitative estimate of drug-likeness (QED) is 0.503. The highest BCUT2D eigenvalue weighted by Gasteiger charge is 1.91. The van der Waals surface area contributed by atoms with Crippen LogP contribution >= 0.6 is 0 Å². The summed E-state index contributed by atoms with van der Waals surface area (Å²) in [6.45, 7) is 5.83. The summed E-state index contributed by atoms with van der Waals surface area (Å²) in [7, 11) is 0. The van der Waals surface area contributed by atoms with Crippen LogP contribution in [0, 0.1) is 0 Å². The third kappa shape index (κ3) is 7.90. The van der Waals surface area contributed by atoms with Crippen LogP contribution in [0.25, 0.3) is 6.08 Å². The average Bonchev–Trinajstić information content (AvgIpc) is 2.49. The van der Waals surface area contributed by atoms with Gasteiger partial charge in [-0.05, 0) is 31.5 Å². The smallest absolute Gasteiger partial charge is 0.163 e. The van der Waals surface area contributed by atoms with Crippen molar-refractivity contribution < 1.29 is 10.1 Å². The number of benzene rings is 1. The van der Waals surface area contributed by atoms with Gasteiger partial charge in [0.15, 0.2) is 12.8 Å². The molecule has 0 unspecified atom stereocenters. The van der Waals surface area contributed by atoms with Crippen molar-refractivity contribution in [2.75, 3.05) is 25.0 Å². The number of hydrogen-bond donors (Lipinski definition) is 3. The van der Waals surface area contributed by atoms with E-state index in [0.29, 0.717) is 6.54 Å². The molecule has 0 heterocycles. The molecule has 3 heteroatoms. The Bertz CT molecular complexity index is 511. The summed E-state index contributed by atoms with van der Waals surface area (Å²) in [6.07, 6.45) is 11.9. The lowest BCUT2D eigenvalue weighted by molar-refractivity contribution is -0.454. The highest BCUT2D eigenvalue weighted by atomic mass is 16.3. The molecule has 0 bridgehead atoms. The topological polar surface area (TPSA) is 46.2 Å². The van der Waals surface area contributed by atoms with E-state index < -0.39 is 0 Å². The first-order chi connectivity index (χ1) is 10.3. The van der Waals surface area contributed by atoms with E-state index in [1.807, 2.05) is 24.4 Å². The van der Waals surface area contributed by atoms with Gasteiger partial charge in [0.05, 0.1) is 0 Å². The lowest BCUT2D eigenvalue weighted by Gasteiger charge is -2.03. The number of hydrogen-bond acceptors (Lipinski definition) is 2. The summed E-state index contributed by atoms with van der Waals surface area (Å²) in [5, 5.41) is 11.9. The van der Waals surface area contributed by atoms with Crippen LogP contribution < -0.4 is 10.3 Å². The van der Waals surface area contributed by atoms with Crippen LogP contribution in [0.2, 0.25) is 0 Å². The highest BCUT2D eigenvalue weighted by Crippen LogP contribution is 2.12. The van der Waals surface area contributed by atoms with Crippen LogP contribution in [-0.2, 0) is 0 Å².